The molecule has 1 heterocycles. The van der Waals surface area contributed by atoms with Crippen LogP contribution in [-0.2, 0) is 11.2 Å². The second-order valence-electron chi connectivity index (χ2n) is 8.41. The van der Waals surface area contributed by atoms with Crippen LogP contribution in [-0.4, -0.2) is 34.5 Å². The van der Waals surface area contributed by atoms with Crippen LogP contribution in [0.2, 0.25) is 0 Å². The Morgan fingerprint density at radius 3 is 2.43 bits per heavy atom. The van der Waals surface area contributed by atoms with E-state index in [1.54, 1.807) is 24.3 Å². The molecule has 2 bridgehead atoms. The van der Waals surface area contributed by atoms with Crippen molar-refractivity contribution in [1.82, 2.24) is 4.90 Å². The molecule has 23 heavy (non-hydrogen) atoms. The zero-order valence-electron chi connectivity index (χ0n) is 14.1. The first-order chi connectivity index (χ1) is 10.7. The zero-order chi connectivity index (χ0) is 16.8. The van der Waals surface area contributed by atoms with E-state index in [0.717, 1.165) is 24.9 Å². The normalized spacial score (nSPS) is 28.7. The monoisotopic (exact) mass is 315 g/mol. The molecule has 1 amide bonds. The third-order valence-corrected chi connectivity index (χ3v) is 5.29. The second-order valence-corrected chi connectivity index (χ2v) is 8.41. The van der Waals surface area contributed by atoms with Crippen molar-refractivity contribution >= 4 is 11.9 Å². The van der Waals surface area contributed by atoms with Crippen LogP contribution in [0.5, 0.6) is 0 Å². The number of fused-ring (bicyclic) bond motifs is 2. The number of hydrogen-bond acceptors (Lipinski definition) is 2. The van der Waals surface area contributed by atoms with Crippen molar-refractivity contribution in [1.29, 1.82) is 0 Å². The Morgan fingerprint density at radius 2 is 1.83 bits per heavy atom. The summed E-state index contributed by atoms with van der Waals surface area (Å²) in [6.07, 6.45) is 3.72. The Labute approximate surface area is 137 Å². The SMILES string of the molecule is CC1(C)CC2CC(C)(CN2C(=O)Cc2ccc(C(=O)O)cc2)C1. The predicted molar refractivity (Wildman–Crippen MR) is 88.3 cm³/mol. The summed E-state index contributed by atoms with van der Waals surface area (Å²) in [6, 6.07) is 6.98. The maximum Gasteiger partial charge on any atom is 0.335 e. The number of likely N-dealkylation sites (tertiary alicyclic amines) is 1. The fourth-order valence-corrected chi connectivity index (χ4v) is 4.79. The highest BCUT2D eigenvalue weighted by Crippen LogP contribution is 2.52. The van der Waals surface area contributed by atoms with Gasteiger partial charge in [-0.05, 0) is 47.8 Å². The van der Waals surface area contributed by atoms with E-state index in [4.69, 9.17) is 5.11 Å². The molecule has 1 N–H and O–H groups in total. The van der Waals surface area contributed by atoms with Crippen LogP contribution in [0.3, 0.4) is 0 Å². The number of rotatable bonds is 3. The number of nitrogens with zero attached hydrogens (tertiary/aromatic N) is 1. The van der Waals surface area contributed by atoms with Gasteiger partial charge in [-0.15, -0.1) is 0 Å². The molecule has 2 unspecified atom stereocenters. The molecule has 0 radical (unpaired) electrons. The Balaban J connectivity index is 1.70. The maximum absolute atomic E-state index is 12.7. The summed E-state index contributed by atoms with van der Waals surface area (Å²) in [4.78, 5) is 25.7. The van der Waals surface area contributed by atoms with Gasteiger partial charge in [-0.2, -0.15) is 0 Å². The minimum atomic E-state index is -0.939. The number of carbonyl (C=O) groups is 2. The summed E-state index contributed by atoms with van der Waals surface area (Å²) in [7, 11) is 0. The van der Waals surface area contributed by atoms with E-state index in [1.807, 2.05) is 0 Å². The van der Waals surface area contributed by atoms with Crippen molar-refractivity contribution < 1.29 is 14.7 Å². The molecular formula is C19H25NO3. The van der Waals surface area contributed by atoms with Gasteiger partial charge in [0.25, 0.3) is 0 Å². The lowest BCUT2D eigenvalue weighted by Gasteiger charge is -2.39. The van der Waals surface area contributed by atoms with Gasteiger partial charge in [-0.25, -0.2) is 4.79 Å². The van der Waals surface area contributed by atoms with Crippen LogP contribution in [0, 0.1) is 10.8 Å². The molecule has 1 saturated carbocycles. The van der Waals surface area contributed by atoms with E-state index < -0.39 is 5.97 Å². The first-order valence-corrected chi connectivity index (χ1v) is 8.29. The van der Waals surface area contributed by atoms with E-state index >= 15 is 0 Å². The van der Waals surface area contributed by atoms with Gasteiger partial charge >= 0.3 is 5.97 Å². The lowest BCUT2D eigenvalue weighted by Crippen LogP contribution is -2.38. The standard InChI is InChI=1S/C19H25NO3/c1-18(2)9-15-10-19(3,11-18)12-20(15)16(21)8-13-4-6-14(7-5-13)17(22)23/h4-7,15H,8-12H2,1-3H3,(H,22,23). The first-order valence-electron chi connectivity index (χ1n) is 8.29. The number of carbonyl (C=O) groups excluding carboxylic acids is 1. The van der Waals surface area contributed by atoms with Crippen molar-refractivity contribution in [3.63, 3.8) is 0 Å². The van der Waals surface area contributed by atoms with Gasteiger partial charge in [0.05, 0.1) is 12.0 Å². The summed E-state index contributed by atoms with van der Waals surface area (Å²) in [5, 5.41) is 8.94. The second kappa shape index (κ2) is 5.36. The van der Waals surface area contributed by atoms with E-state index in [0.29, 0.717) is 17.9 Å². The molecule has 4 nitrogen and oxygen atoms in total. The van der Waals surface area contributed by atoms with Gasteiger partial charge in [0.2, 0.25) is 5.91 Å². The minimum Gasteiger partial charge on any atom is -0.478 e. The molecule has 1 saturated heterocycles. The summed E-state index contributed by atoms with van der Waals surface area (Å²) in [5.41, 5.74) is 1.68. The number of carboxylic acids is 1. The van der Waals surface area contributed by atoms with Crippen molar-refractivity contribution in [2.24, 2.45) is 10.8 Å². The van der Waals surface area contributed by atoms with E-state index in [2.05, 4.69) is 25.7 Å². The van der Waals surface area contributed by atoms with Gasteiger partial charge in [-0.1, -0.05) is 32.9 Å². The molecule has 1 aromatic rings. The quantitative estimate of drug-likeness (QED) is 0.930. The summed E-state index contributed by atoms with van der Waals surface area (Å²) in [5.74, 6) is -0.772. The zero-order valence-corrected chi connectivity index (χ0v) is 14.1. The lowest BCUT2D eigenvalue weighted by molar-refractivity contribution is -0.131. The topological polar surface area (TPSA) is 57.6 Å². The molecule has 0 aromatic heterocycles. The highest BCUT2D eigenvalue weighted by molar-refractivity contribution is 5.87. The summed E-state index contributed by atoms with van der Waals surface area (Å²) in [6.45, 7) is 7.76. The predicted octanol–water partition coefficient (Wildman–Crippen LogP) is 3.35. The highest BCUT2D eigenvalue weighted by atomic mass is 16.4. The molecule has 1 aliphatic heterocycles. The minimum absolute atomic E-state index is 0.166. The van der Waals surface area contributed by atoms with Crippen molar-refractivity contribution in [3.05, 3.63) is 35.4 Å². The van der Waals surface area contributed by atoms with E-state index in [9.17, 15) is 9.59 Å². The maximum atomic E-state index is 12.7. The molecule has 3 rings (SSSR count). The fraction of sp³-hybridized carbons (Fsp3) is 0.579. The third kappa shape index (κ3) is 3.26. The van der Waals surface area contributed by atoms with Gasteiger partial charge in [-0.3, -0.25) is 4.79 Å². The molecule has 0 spiro atoms. The lowest BCUT2D eigenvalue weighted by atomic mass is 9.65. The van der Waals surface area contributed by atoms with Crippen LogP contribution in [0.25, 0.3) is 0 Å². The summed E-state index contributed by atoms with van der Waals surface area (Å²) < 4.78 is 0. The average Bonchev–Trinajstić information content (AvgIpc) is 2.68. The Morgan fingerprint density at radius 1 is 1.17 bits per heavy atom. The Bertz CT molecular complexity index is 635. The summed E-state index contributed by atoms with van der Waals surface area (Å²) >= 11 is 0. The average molecular weight is 315 g/mol. The number of aromatic carboxylic acids is 1. The molecule has 2 atom stereocenters. The van der Waals surface area contributed by atoms with Crippen LogP contribution in [0.15, 0.2) is 24.3 Å². The largest absolute Gasteiger partial charge is 0.478 e. The third-order valence-electron chi connectivity index (χ3n) is 5.29. The molecular weight excluding hydrogens is 290 g/mol. The first kappa shape index (κ1) is 16.0. The van der Waals surface area contributed by atoms with Crippen molar-refractivity contribution in [2.75, 3.05) is 6.54 Å². The van der Waals surface area contributed by atoms with Crippen LogP contribution in [0.4, 0.5) is 0 Å². The Kier molecular flexibility index (Phi) is 3.74. The molecule has 124 valence electrons. The number of hydrogen-bond donors (Lipinski definition) is 1. The molecule has 1 aliphatic carbocycles. The smallest absolute Gasteiger partial charge is 0.335 e. The highest BCUT2D eigenvalue weighted by Gasteiger charge is 2.50. The van der Waals surface area contributed by atoms with Gasteiger partial charge in [0.15, 0.2) is 0 Å². The van der Waals surface area contributed by atoms with Gasteiger partial charge < -0.3 is 10.0 Å². The number of benzene rings is 1. The molecule has 2 fully saturated rings. The van der Waals surface area contributed by atoms with Crippen molar-refractivity contribution in [2.45, 2.75) is 52.5 Å². The van der Waals surface area contributed by atoms with Crippen LogP contribution >= 0.6 is 0 Å². The number of amides is 1. The molecule has 2 aliphatic rings. The molecule has 4 heteroatoms. The Hall–Kier alpha value is -1.84. The van der Waals surface area contributed by atoms with Crippen molar-refractivity contribution in [3.8, 4) is 0 Å². The van der Waals surface area contributed by atoms with Crippen LogP contribution < -0.4 is 0 Å². The van der Waals surface area contributed by atoms with E-state index in [1.165, 1.54) is 6.42 Å². The van der Waals surface area contributed by atoms with E-state index in [-0.39, 0.29) is 16.9 Å². The molecule has 1 aromatic carbocycles. The fourth-order valence-electron chi connectivity index (χ4n) is 4.79. The van der Waals surface area contributed by atoms with Gasteiger partial charge in [0, 0.05) is 12.6 Å². The van der Waals surface area contributed by atoms with Crippen LogP contribution in [0.1, 0.15) is 56.0 Å². The number of carboxylic acid groups (broad SMARTS) is 1. The van der Waals surface area contributed by atoms with Gasteiger partial charge in [0.1, 0.15) is 0 Å².